The van der Waals surface area contributed by atoms with E-state index in [-0.39, 0.29) is 23.9 Å². The average molecular weight is 912 g/mol. The van der Waals surface area contributed by atoms with E-state index < -0.39 is 29.7 Å². The molecule has 10 rings (SSSR count). The molecule has 1 aromatic heterocycles. The van der Waals surface area contributed by atoms with Crippen molar-refractivity contribution in [3.8, 4) is 33.9 Å². The second-order valence-electron chi connectivity index (χ2n) is 18.3. The van der Waals surface area contributed by atoms with Gasteiger partial charge in [0.15, 0.2) is 0 Å². The molecule has 4 amide bonds. The second kappa shape index (κ2) is 18.2. The van der Waals surface area contributed by atoms with Gasteiger partial charge >= 0.3 is 12.2 Å². The molecule has 5 heterocycles. The van der Waals surface area contributed by atoms with Crippen LogP contribution in [0, 0.1) is 0 Å². The van der Waals surface area contributed by atoms with Gasteiger partial charge in [0.2, 0.25) is 5.91 Å². The lowest BCUT2D eigenvalue weighted by Crippen LogP contribution is -2.47. The van der Waals surface area contributed by atoms with E-state index in [4.69, 9.17) is 24.2 Å². The Kier molecular flexibility index (Phi) is 11.8. The van der Waals surface area contributed by atoms with E-state index in [0.717, 1.165) is 87.7 Å². The number of carbonyl (C=O) groups is 4. The van der Waals surface area contributed by atoms with Crippen LogP contribution in [0.3, 0.4) is 0 Å². The number of H-pyrrole nitrogens is 1. The van der Waals surface area contributed by atoms with Crippen LogP contribution in [0.4, 0.5) is 15.3 Å². The minimum atomic E-state index is -0.898. The highest BCUT2D eigenvalue weighted by Gasteiger charge is 2.40. The van der Waals surface area contributed by atoms with E-state index in [1.165, 1.54) is 14.2 Å². The quantitative estimate of drug-likeness (QED) is 0.122. The van der Waals surface area contributed by atoms with Crippen molar-refractivity contribution >= 4 is 35.4 Å². The molecule has 2 fully saturated rings. The molecule has 2 saturated heterocycles. The molecule has 0 radical (unpaired) electrons. The molecular weight excluding hydrogens is 859 g/mol. The molecule has 6 aromatic rings. The molecule has 3 N–H and O–H groups in total. The van der Waals surface area contributed by atoms with Gasteiger partial charge in [-0.3, -0.25) is 14.6 Å². The van der Waals surface area contributed by atoms with Gasteiger partial charge in [-0.15, -0.1) is 0 Å². The summed E-state index contributed by atoms with van der Waals surface area (Å²) in [6.07, 6.45) is 4.28. The number of alkyl carbamates (subject to hydrolysis) is 2. The van der Waals surface area contributed by atoms with E-state index in [0.29, 0.717) is 36.5 Å². The Labute approximate surface area is 394 Å². The number of nitrogens with one attached hydrogen (secondary N) is 3. The van der Waals surface area contributed by atoms with Crippen LogP contribution in [0.5, 0.6) is 11.5 Å². The Bertz CT molecular complexity index is 2950. The average Bonchev–Trinajstić information content (AvgIpc) is 4.22. The molecule has 5 aromatic carbocycles. The van der Waals surface area contributed by atoms with Gasteiger partial charge in [0.25, 0.3) is 5.91 Å². The number of benzene rings is 5. The van der Waals surface area contributed by atoms with Gasteiger partial charge in [-0.25, -0.2) is 14.6 Å². The number of hydrogen-bond acceptors (Lipinski definition) is 9. The van der Waals surface area contributed by atoms with Gasteiger partial charge in [0.1, 0.15) is 29.4 Å². The Hall–Kier alpha value is -7.74. The van der Waals surface area contributed by atoms with Crippen LogP contribution in [0.25, 0.3) is 22.4 Å². The zero-order chi connectivity index (χ0) is 47.1. The third-order valence-electron chi connectivity index (χ3n) is 13.9. The summed E-state index contributed by atoms with van der Waals surface area (Å²) in [7, 11) is 2.58. The molecule has 14 nitrogen and oxygen atoms in total. The lowest BCUT2D eigenvalue weighted by molar-refractivity contribution is -0.135. The fraction of sp³-hybridized carbons (Fsp3) is 0.296. The third-order valence-corrected chi connectivity index (χ3v) is 13.9. The van der Waals surface area contributed by atoms with E-state index >= 15 is 0 Å². The molecule has 4 aliphatic heterocycles. The van der Waals surface area contributed by atoms with Crippen LogP contribution < -0.4 is 15.4 Å². The standard InChI is InChI=1S/C54H53N7O7/c1-54(2)38-22-19-35(34-20-23-40-37(27-34)29-41(56-40)43-17-11-25-60(43)50(62)47(58-52(64)66-3)32-13-7-5-8-14-32)30-46(38)68-45-24-21-36(28-39(45)54)42-31-55-49(57-42)44-18-12-26-61(44)51(63)48(59-53(65)67-4)33-15-9-6-10-16-33/h5-10,13-16,19-24,27-28,30-31,43-44,47-48H,11-12,17-18,25-26,29H2,1-4H3,(H,55,57)(H,58,64)(H,59,65)/t43-,44-,47+,48+/m0/s1. The summed E-state index contributed by atoms with van der Waals surface area (Å²) in [6.45, 7) is 5.54. The Balaban J connectivity index is 0.840. The second-order valence-corrected chi connectivity index (χ2v) is 18.3. The number of rotatable bonds is 10. The highest BCUT2D eigenvalue weighted by atomic mass is 16.5. The number of methoxy groups -OCH3 is 2. The highest BCUT2D eigenvalue weighted by molar-refractivity contribution is 6.01. The molecule has 0 saturated carbocycles. The fourth-order valence-corrected chi connectivity index (χ4v) is 10.3. The topological polar surface area (TPSA) is 168 Å². The number of amides is 4. The number of aliphatic imine (C=N–C) groups is 1. The van der Waals surface area contributed by atoms with E-state index in [9.17, 15) is 19.2 Å². The maximum Gasteiger partial charge on any atom is 0.407 e. The molecule has 4 aliphatic rings. The van der Waals surface area contributed by atoms with Crippen molar-refractivity contribution in [1.29, 1.82) is 0 Å². The van der Waals surface area contributed by atoms with E-state index in [1.54, 1.807) is 4.90 Å². The van der Waals surface area contributed by atoms with Crippen LogP contribution in [0.1, 0.15) is 91.3 Å². The van der Waals surface area contributed by atoms with E-state index in [1.807, 2.05) is 83.9 Å². The smallest absolute Gasteiger partial charge is 0.407 e. The van der Waals surface area contributed by atoms with Gasteiger partial charge in [0.05, 0.1) is 43.9 Å². The van der Waals surface area contributed by atoms with Gasteiger partial charge in [-0.2, -0.15) is 0 Å². The number of fused-ring (bicyclic) bond motifs is 3. The first-order valence-corrected chi connectivity index (χ1v) is 23.1. The van der Waals surface area contributed by atoms with Crippen molar-refractivity contribution in [1.82, 2.24) is 30.4 Å². The molecule has 346 valence electrons. The van der Waals surface area contributed by atoms with Crippen molar-refractivity contribution in [3.63, 3.8) is 0 Å². The predicted molar refractivity (Wildman–Crippen MR) is 257 cm³/mol. The lowest BCUT2D eigenvalue weighted by atomic mass is 9.75. The van der Waals surface area contributed by atoms with Crippen molar-refractivity contribution in [2.75, 3.05) is 27.3 Å². The summed E-state index contributed by atoms with van der Waals surface area (Å²) >= 11 is 0. The largest absolute Gasteiger partial charge is 0.457 e. The number of nitrogens with zero attached hydrogens (tertiary/aromatic N) is 4. The van der Waals surface area contributed by atoms with Crippen molar-refractivity contribution in [3.05, 3.63) is 155 Å². The van der Waals surface area contributed by atoms with Crippen LogP contribution in [0.2, 0.25) is 0 Å². The SMILES string of the molecule is COC(=O)N[C@@H](C(=O)N1CCC[C@H]1C1=Nc2ccc(-c3ccc4c(c3)Oc3ccc(-c5cnc([C@@H]6CCCN6C(=O)[C@H](NC(=O)OC)c6ccccc6)[nH]5)cc3C4(C)C)cc2C1)c1ccccc1. The predicted octanol–water partition coefficient (Wildman–Crippen LogP) is 9.65. The zero-order valence-electron chi connectivity index (χ0n) is 38.5. The first-order valence-electron chi connectivity index (χ1n) is 23.1. The monoisotopic (exact) mass is 911 g/mol. The summed E-state index contributed by atoms with van der Waals surface area (Å²) in [6, 6.07) is 35.1. The number of carbonyl (C=O) groups excluding carboxylic acids is 4. The van der Waals surface area contributed by atoms with Gasteiger partial charge in [0, 0.05) is 47.3 Å². The number of hydrogen-bond donors (Lipinski definition) is 3. The normalized spacial score (nSPS) is 18.6. The maximum absolute atomic E-state index is 14.1. The fourth-order valence-electron chi connectivity index (χ4n) is 10.3. The zero-order valence-corrected chi connectivity index (χ0v) is 38.5. The summed E-state index contributed by atoms with van der Waals surface area (Å²) in [4.78, 5) is 69.9. The summed E-state index contributed by atoms with van der Waals surface area (Å²) in [5.41, 5.74) is 9.87. The first-order chi connectivity index (χ1) is 33.0. The number of likely N-dealkylation sites (tertiary alicyclic amines) is 2. The molecule has 68 heavy (non-hydrogen) atoms. The van der Waals surface area contributed by atoms with Crippen LogP contribution in [0.15, 0.2) is 126 Å². The first kappa shape index (κ1) is 44.1. The molecule has 0 unspecified atom stereocenters. The summed E-state index contributed by atoms with van der Waals surface area (Å²) in [5.74, 6) is 1.86. The lowest BCUT2D eigenvalue weighted by Gasteiger charge is -2.35. The molecule has 14 heteroatoms. The van der Waals surface area contributed by atoms with Gasteiger partial charge in [-0.1, -0.05) is 92.7 Å². The van der Waals surface area contributed by atoms with Crippen LogP contribution in [-0.2, 0) is 30.9 Å². The Morgan fingerprint density at radius 1 is 0.691 bits per heavy atom. The van der Waals surface area contributed by atoms with Crippen LogP contribution in [-0.4, -0.2) is 82.8 Å². The molecular formula is C54H53N7O7. The number of aromatic amines is 1. The molecule has 0 spiro atoms. The number of aromatic nitrogens is 2. The maximum atomic E-state index is 14.1. The molecule has 0 bridgehead atoms. The van der Waals surface area contributed by atoms with E-state index in [2.05, 4.69) is 71.9 Å². The van der Waals surface area contributed by atoms with Crippen molar-refractivity contribution < 1.29 is 33.4 Å². The van der Waals surface area contributed by atoms with Crippen molar-refractivity contribution in [2.45, 2.75) is 75.5 Å². The summed E-state index contributed by atoms with van der Waals surface area (Å²) < 4.78 is 16.4. The van der Waals surface area contributed by atoms with Crippen LogP contribution >= 0.6 is 0 Å². The number of imidazole rings is 1. The molecule has 4 atom stereocenters. The van der Waals surface area contributed by atoms with Gasteiger partial charge in [-0.05, 0) is 89.9 Å². The Morgan fingerprint density at radius 2 is 1.28 bits per heavy atom. The third kappa shape index (κ3) is 8.24. The molecule has 0 aliphatic carbocycles. The minimum Gasteiger partial charge on any atom is -0.457 e. The summed E-state index contributed by atoms with van der Waals surface area (Å²) in [5, 5.41) is 5.48. The van der Waals surface area contributed by atoms with Crippen molar-refractivity contribution in [2.24, 2.45) is 4.99 Å². The number of ether oxygens (including phenoxy) is 3. The Morgan fingerprint density at radius 3 is 1.93 bits per heavy atom. The minimum absolute atomic E-state index is 0.177. The van der Waals surface area contributed by atoms with Gasteiger partial charge < -0.3 is 39.6 Å². The highest BCUT2D eigenvalue weighted by Crippen LogP contribution is 2.50.